The summed E-state index contributed by atoms with van der Waals surface area (Å²) in [6, 6.07) is 0. The van der Waals surface area contributed by atoms with Gasteiger partial charge in [0.15, 0.2) is 0 Å². The summed E-state index contributed by atoms with van der Waals surface area (Å²) in [4.78, 5) is 10.8. The van der Waals surface area contributed by atoms with E-state index >= 15 is 0 Å². The number of aliphatic hydroxyl groups is 1. The summed E-state index contributed by atoms with van der Waals surface area (Å²) in [6.45, 7) is 5.37. The van der Waals surface area contributed by atoms with Crippen molar-refractivity contribution in [2.75, 3.05) is 0 Å². The fourth-order valence-corrected chi connectivity index (χ4v) is 2.02. The van der Waals surface area contributed by atoms with Gasteiger partial charge in [-0.15, -0.1) is 0 Å². The van der Waals surface area contributed by atoms with E-state index < -0.39 is 22.9 Å². The van der Waals surface area contributed by atoms with Gasteiger partial charge in [-0.2, -0.15) is 0 Å². The highest BCUT2D eigenvalue weighted by molar-refractivity contribution is 5.81. The molecular weight excluding hydrogens is 144 g/mol. The quantitative estimate of drug-likeness (QED) is 0.627. The maximum Gasteiger partial charge on any atom is 0.312 e. The molecule has 0 aromatic heterocycles. The van der Waals surface area contributed by atoms with Crippen molar-refractivity contribution in [3.05, 3.63) is 0 Å². The van der Waals surface area contributed by atoms with Gasteiger partial charge in [0.25, 0.3) is 0 Å². The summed E-state index contributed by atoms with van der Waals surface area (Å²) in [5.41, 5.74) is -1.33. The van der Waals surface area contributed by atoms with Gasteiger partial charge in [0.2, 0.25) is 0 Å². The Balaban J connectivity index is 2.93. The van der Waals surface area contributed by atoms with Crippen LogP contribution in [0.5, 0.6) is 0 Å². The summed E-state index contributed by atoms with van der Waals surface area (Å²) in [5.74, 6) is -0.877. The molecule has 0 heterocycles. The highest BCUT2D eigenvalue weighted by Crippen LogP contribution is 2.65. The van der Waals surface area contributed by atoms with Crippen LogP contribution in [0.4, 0.5) is 0 Å². The molecule has 3 heteroatoms. The fourth-order valence-electron chi connectivity index (χ4n) is 2.02. The maximum absolute atomic E-state index is 10.8. The van der Waals surface area contributed by atoms with E-state index in [1.807, 2.05) is 0 Å². The van der Waals surface area contributed by atoms with Crippen molar-refractivity contribution in [2.24, 2.45) is 10.8 Å². The monoisotopic (exact) mass is 158 g/mol. The number of aliphatic hydroxyl groups excluding tert-OH is 1. The first kappa shape index (κ1) is 8.53. The molecule has 0 bridgehead atoms. The van der Waals surface area contributed by atoms with Gasteiger partial charge in [-0.3, -0.25) is 4.79 Å². The van der Waals surface area contributed by atoms with E-state index in [1.165, 1.54) is 0 Å². The Morgan fingerprint density at radius 2 is 1.91 bits per heavy atom. The number of hydrogen-bond donors (Lipinski definition) is 2. The van der Waals surface area contributed by atoms with Gasteiger partial charge in [0, 0.05) is 5.41 Å². The molecule has 0 aromatic rings. The van der Waals surface area contributed by atoms with Crippen molar-refractivity contribution in [2.45, 2.75) is 33.3 Å². The number of carboxylic acid groups (broad SMARTS) is 1. The topological polar surface area (TPSA) is 57.5 Å². The second-order valence-corrected chi connectivity index (χ2v) is 3.75. The van der Waals surface area contributed by atoms with E-state index in [4.69, 9.17) is 5.11 Å². The Labute approximate surface area is 66.0 Å². The molecular formula is C8H14O3. The standard InChI is InChI=1S/C8H14O3/c1-4-8(6(10)11)5(9)7(8,2)3/h5,9H,4H2,1-3H3,(H,10,11). The van der Waals surface area contributed by atoms with Crippen LogP contribution in [0.15, 0.2) is 0 Å². The molecule has 0 amide bonds. The minimum absolute atomic E-state index is 0.451. The van der Waals surface area contributed by atoms with Crippen molar-refractivity contribution in [3.63, 3.8) is 0 Å². The molecule has 0 spiro atoms. The van der Waals surface area contributed by atoms with Gasteiger partial charge >= 0.3 is 5.97 Å². The van der Waals surface area contributed by atoms with Crippen LogP contribution >= 0.6 is 0 Å². The van der Waals surface area contributed by atoms with Gasteiger partial charge < -0.3 is 10.2 Å². The molecule has 1 saturated carbocycles. The molecule has 2 atom stereocenters. The molecule has 3 nitrogen and oxygen atoms in total. The normalized spacial score (nSPS) is 40.2. The Bertz CT molecular complexity index is 198. The van der Waals surface area contributed by atoms with Crippen molar-refractivity contribution in [1.29, 1.82) is 0 Å². The van der Waals surface area contributed by atoms with E-state index in [0.29, 0.717) is 6.42 Å². The first-order valence-corrected chi connectivity index (χ1v) is 3.82. The van der Waals surface area contributed by atoms with E-state index in [9.17, 15) is 9.90 Å². The summed E-state index contributed by atoms with van der Waals surface area (Å²) >= 11 is 0. The predicted molar refractivity (Wildman–Crippen MR) is 40.1 cm³/mol. The SMILES string of the molecule is CCC1(C(=O)O)C(O)C1(C)C. The molecule has 0 aromatic carbocycles. The van der Waals surface area contributed by atoms with E-state index in [0.717, 1.165) is 0 Å². The molecule has 1 fully saturated rings. The molecule has 2 N–H and O–H groups in total. The third-order valence-electron chi connectivity index (χ3n) is 3.16. The summed E-state index contributed by atoms with van der Waals surface area (Å²) < 4.78 is 0. The zero-order valence-electron chi connectivity index (χ0n) is 7.09. The molecule has 1 rings (SSSR count). The maximum atomic E-state index is 10.8. The largest absolute Gasteiger partial charge is 0.481 e. The van der Waals surface area contributed by atoms with Crippen LogP contribution in [0.2, 0.25) is 0 Å². The van der Waals surface area contributed by atoms with E-state index in [1.54, 1.807) is 20.8 Å². The zero-order valence-corrected chi connectivity index (χ0v) is 7.09. The van der Waals surface area contributed by atoms with Crippen LogP contribution < -0.4 is 0 Å². The number of aliphatic carboxylic acids is 1. The number of hydrogen-bond acceptors (Lipinski definition) is 2. The highest BCUT2D eigenvalue weighted by atomic mass is 16.4. The first-order chi connectivity index (χ1) is 4.91. The highest BCUT2D eigenvalue weighted by Gasteiger charge is 2.74. The molecule has 1 aliphatic rings. The lowest BCUT2D eigenvalue weighted by Crippen LogP contribution is -2.21. The van der Waals surface area contributed by atoms with Crippen molar-refractivity contribution in [1.82, 2.24) is 0 Å². The molecule has 1 aliphatic carbocycles. The second kappa shape index (κ2) is 1.97. The number of carbonyl (C=O) groups is 1. The van der Waals surface area contributed by atoms with Crippen LogP contribution in [0.3, 0.4) is 0 Å². The Morgan fingerprint density at radius 3 is 1.91 bits per heavy atom. The third-order valence-corrected chi connectivity index (χ3v) is 3.16. The molecule has 2 unspecified atom stereocenters. The summed E-state index contributed by atoms with van der Waals surface area (Å²) in [5, 5.41) is 18.2. The minimum Gasteiger partial charge on any atom is -0.481 e. The van der Waals surface area contributed by atoms with Crippen LogP contribution in [0.25, 0.3) is 0 Å². The van der Waals surface area contributed by atoms with Crippen molar-refractivity contribution < 1.29 is 15.0 Å². The van der Waals surface area contributed by atoms with Gasteiger partial charge in [-0.05, 0) is 6.42 Å². The fraction of sp³-hybridized carbons (Fsp3) is 0.875. The molecule has 0 radical (unpaired) electrons. The average molecular weight is 158 g/mol. The van der Waals surface area contributed by atoms with E-state index in [-0.39, 0.29) is 0 Å². The van der Waals surface area contributed by atoms with Gasteiger partial charge in [-0.25, -0.2) is 0 Å². The second-order valence-electron chi connectivity index (χ2n) is 3.75. The first-order valence-electron chi connectivity index (χ1n) is 3.82. The van der Waals surface area contributed by atoms with Crippen molar-refractivity contribution in [3.8, 4) is 0 Å². The average Bonchev–Trinajstić information content (AvgIpc) is 2.30. The number of carboxylic acids is 1. The van der Waals surface area contributed by atoms with Gasteiger partial charge in [0.05, 0.1) is 6.10 Å². The lowest BCUT2D eigenvalue weighted by atomic mass is 9.93. The zero-order chi connectivity index (χ0) is 8.86. The molecule has 11 heavy (non-hydrogen) atoms. The van der Waals surface area contributed by atoms with Crippen LogP contribution in [-0.4, -0.2) is 22.3 Å². The Kier molecular flexibility index (Phi) is 1.53. The van der Waals surface area contributed by atoms with Gasteiger partial charge in [0.1, 0.15) is 5.41 Å². The Morgan fingerprint density at radius 1 is 1.55 bits per heavy atom. The molecule has 64 valence electrons. The number of rotatable bonds is 2. The van der Waals surface area contributed by atoms with Crippen LogP contribution in [-0.2, 0) is 4.79 Å². The predicted octanol–water partition coefficient (Wildman–Crippen LogP) is 0.868. The molecule has 0 saturated heterocycles. The lowest BCUT2D eigenvalue weighted by molar-refractivity contribution is -0.145. The Hall–Kier alpha value is -0.570. The van der Waals surface area contributed by atoms with E-state index in [2.05, 4.69) is 0 Å². The smallest absolute Gasteiger partial charge is 0.312 e. The van der Waals surface area contributed by atoms with Crippen LogP contribution in [0.1, 0.15) is 27.2 Å². The van der Waals surface area contributed by atoms with Crippen LogP contribution in [0, 0.1) is 10.8 Å². The summed E-state index contributed by atoms with van der Waals surface area (Å²) in [7, 11) is 0. The third kappa shape index (κ3) is 0.692. The van der Waals surface area contributed by atoms with Gasteiger partial charge in [-0.1, -0.05) is 20.8 Å². The molecule has 0 aliphatic heterocycles. The lowest BCUT2D eigenvalue weighted by Gasteiger charge is -2.10. The summed E-state index contributed by atoms with van der Waals surface area (Å²) in [6.07, 6.45) is -0.186. The minimum atomic E-state index is -0.882. The van der Waals surface area contributed by atoms with Crippen molar-refractivity contribution >= 4 is 5.97 Å².